The zero-order chi connectivity index (χ0) is 17.5. The van der Waals surface area contributed by atoms with Crippen LogP contribution in [0.5, 0.6) is 0 Å². The first-order valence-corrected chi connectivity index (χ1v) is 8.90. The molecule has 2 aromatic rings. The zero-order valence-corrected chi connectivity index (χ0v) is 14.8. The summed E-state index contributed by atoms with van der Waals surface area (Å²) < 4.78 is 5.05. The van der Waals surface area contributed by atoms with Gasteiger partial charge in [-0.2, -0.15) is 0 Å². The van der Waals surface area contributed by atoms with Crippen LogP contribution in [-0.4, -0.2) is 43.3 Å². The summed E-state index contributed by atoms with van der Waals surface area (Å²) in [5, 5.41) is 3.21. The van der Waals surface area contributed by atoms with Crippen LogP contribution >= 0.6 is 0 Å². The van der Waals surface area contributed by atoms with Gasteiger partial charge in [-0.3, -0.25) is 0 Å². The molecule has 0 unspecified atom stereocenters. The lowest BCUT2D eigenvalue weighted by Crippen LogP contribution is -2.35. The fourth-order valence-electron chi connectivity index (χ4n) is 3.35. The summed E-state index contributed by atoms with van der Waals surface area (Å²) in [5.74, 6) is 2.25. The van der Waals surface area contributed by atoms with Crippen LogP contribution in [0.2, 0.25) is 0 Å². The standard InChI is InChI=1S/C19H27N5O/c1-25-12-9-21-18-17(20)19(23-14-22-18)24-10-7-16(8-11-24)13-15-5-3-2-4-6-15/h2-6,14,16H,7-13,20H2,1H3,(H,21,22,23). The molecule has 0 spiro atoms. The monoisotopic (exact) mass is 341 g/mol. The molecule has 0 radical (unpaired) electrons. The predicted octanol–water partition coefficient (Wildman–Crippen LogP) is 2.58. The number of ether oxygens (including phenoxy) is 1. The number of nitrogens with one attached hydrogen (secondary N) is 1. The second-order valence-corrected chi connectivity index (χ2v) is 6.50. The number of anilines is 3. The number of nitrogens with two attached hydrogens (primary N) is 1. The molecule has 134 valence electrons. The van der Waals surface area contributed by atoms with Crippen molar-refractivity contribution in [1.82, 2.24) is 9.97 Å². The fraction of sp³-hybridized carbons (Fsp3) is 0.474. The van der Waals surface area contributed by atoms with E-state index in [9.17, 15) is 0 Å². The van der Waals surface area contributed by atoms with Crippen molar-refractivity contribution in [2.45, 2.75) is 19.3 Å². The number of hydrogen-bond donors (Lipinski definition) is 2. The van der Waals surface area contributed by atoms with E-state index in [0.717, 1.165) is 44.1 Å². The number of rotatable bonds is 7. The summed E-state index contributed by atoms with van der Waals surface area (Å²) in [4.78, 5) is 10.9. The summed E-state index contributed by atoms with van der Waals surface area (Å²) in [6.45, 7) is 3.26. The molecule has 1 aromatic carbocycles. The summed E-state index contributed by atoms with van der Waals surface area (Å²) >= 11 is 0. The summed E-state index contributed by atoms with van der Waals surface area (Å²) in [7, 11) is 1.68. The molecule has 3 rings (SSSR count). The maximum atomic E-state index is 6.28. The number of piperidine rings is 1. The molecule has 1 fully saturated rings. The highest BCUT2D eigenvalue weighted by atomic mass is 16.5. The zero-order valence-electron chi connectivity index (χ0n) is 14.8. The Kier molecular flexibility index (Phi) is 6.06. The van der Waals surface area contributed by atoms with Crippen molar-refractivity contribution >= 4 is 17.3 Å². The van der Waals surface area contributed by atoms with Crippen molar-refractivity contribution < 1.29 is 4.74 Å². The van der Waals surface area contributed by atoms with Crippen LogP contribution in [-0.2, 0) is 11.2 Å². The molecule has 0 amide bonds. The van der Waals surface area contributed by atoms with Crippen LogP contribution in [0.3, 0.4) is 0 Å². The first-order chi connectivity index (χ1) is 12.3. The molecule has 0 saturated carbocycles. The predicted molar refractivity (Wildman–Crippen MR) is 102 cm³/mol. The van der Waals surface area contributed by atoms with Crippen LogP contribution in [0.25, 0.3) is 0 Å². The normalized spacial score (nSPS) is 15.3. The third-order valence-corrected chi connectivity index (χ3v) is 4.74. The molecule has 6 nitrogen and oxygen atoms in total. The van der Waals surface area contributed by atoms with Crippen LogP contribution in [0.4, 0.5) is 17.3 Å². The number of aromatic nitrogens is 2. The van der Waals surface area contributed by atoms with Gasteiger partial charge in [0.2, 0.25) is 0 Å². The molecule has 1 saturated heterocycles. The van der Waals surface area contributed by atoms with Crippen molar-refractivity contribution in [3.05, 3.63) is 42.2 Å². The highest BCUT2D eigenvalue weighted by Crippen LogP contribution is 2.30. The van der Waals surface area contributed by atoms with E-state index in [0.29, 0.717) is 24.7 Å². The molecule has 0 atom stereocenters. The maximum absolute atomic E-state index is 6.28. The van der Waals surface area contributed by atoms with E-state index < -0.39 is 0 Å². The summed E-state index contributed by atoms with van der Waals surface area (Å²) in [6.07, 6.45) is 5.05. The highest BCUT2D eigenvalue weighted by Gasteiger charge is 2.22. The van der Waals surface area contributed by atoms with E-state index in [-0.39, 0.29) is 0 Å². The van der Waals surface area contributed by atoms with Gasteiger partial charge in [-0.15, -0.1) is 0 Å². The fourth-order valence-corrected chi connectivity index (χ4v) is 3.35. The van der Waals surface area contributed by atoms with Gasteiger partial charge in [0.05, 0.1) is 6.61 Å². The lowest BCUT2D eigenvalue weighted by atomic mass is 9.90. The van der Waals surface area contributed by atoms with Crippen LogP contribution < -0.4 is 16.0 Å². The number of nitrogen functional groups attached to an aromatic ring is 1. The van der Waals surface area contributed by atoms with Gasteiger partial charge < -0.3 is 20.7 Å². The number of benzene rings is 1. The SMILES string of the molecule is COCCNc1ncnc(N2CCC(Cc3ccccc3)CC2)c1N. The Morgan fingerprint density at radius 2 is 1.96 bits per heavy atom. The topological polar surface area (TPSA) is 76.3 Å². The van der Waals surface area contributed by atoms with E-state index in [1.54, 1.807) is 13.4 Å². The average Bonchev–Trinajstić information content (AvgIpc) is 2.65. The van der Waals surface area contributed by atoms with Crippen molar-refractivity contribution in [2.75, 3.05) is 49.3 Å². The summed E-state index contributed by atoms with van der Waals surface area (Å²) in [6, 6.07) is 10.7. The lowest BCUT2D eigenvalue weighted by molar-refractivity contribution is 0.210. The van der Waals surface area contributed by atoms with Crippen molar-refractivity contribution in [3.63, 3.8) is 0 Å². The average molecular weight is 341 g/mol. The lowest BCUT2D eigenvalue weighted by Gasteiger charge is -2.33. The van der Waals surface area contributed by atoms with Gasteiger partial charge >= 0.3 is 0 Å². The minimum atomic E-state index is 0.615. The number of hydrogen-bond acceptors (Lipinski definition) is 6. The minimum absolute atomic E-state index is 0.615. The smallest absolute Gasteiger partial charge is 0.157 e. The van der Waals surface area contributed by atoms with E-state index >= 15 is 0 Å². The van der Waals surface area contributed by atoms with Crippen LogP contribution in [0.15, 0.2) is 36.7 Å². The quantitative estimate of drug-likeness (QED) is 0.754. The molecular weight excluding hydrogens is 314 g/mol. The molecule has 0 bridgehead atoms. The Hall–Kier alpha value is -2.34. The molecular formula is C19H27N5O. The van der Waals surface area contributed by atoms with Crippen molar-refractivity contribution in [1.29, 1.82) is 0 Å². The van der Waals surface area contributed by atoms with Crippen molar-refractivity contribution in [2.24, 2.45) is 5.92 Å². The van der Waals surface area contributed by atoms with Crippen molar-refractivity contribution in [3.8, 4) is 0 Å². The number of nitrogens with zero attached hydrogens (tertiary/aromatic N) is 3. The molecule has 3 N–H and O–H groups in total. The Morgan fingerprint density at radius 1 is 1.20 bits per heavy atom. The Bertz CT molecular complexity index is 656. The molecule has 1 aliphatic heterocycles. The van der Waals surface area contributed by atoms with Gasteiger partial charge in [0.25, 0.3) is 0 Å². The molecule has 1 aliphatic rings. The highest BCUT2D eigenvalue weighted by molar-refractivity contribution is 5.74. The van der Waals surface area contributed by atoms with Gasteiger partial charge in [0, 0.05) is 26.7 Å². The first-order valence-electron chi connectivity index (χ1n) is 8.90. The van der Waals surface area contributed by atoms with Crippen LogP contribution in [0.1, 0.15) is 18.4 Å². The third-order valence-electron chi connectivity index (χ3n) is 4.74. The Morgan fingerprint density at radius 3 is 2.68 bits per heavy atom. The molecule has 6 heteroatoms. The molecule has 0 aliphatic carbocycles. The molecule has 2 heterocycles. The van der Waals surface area contributed by atoms with E-state index in [1.807, 2.05) is 0 Å². The van der Waals surface area contributed by atoms with E-state index in [4.69, 9.17) is 10.5 Å². The largest absolute Gasteiger partial charge is 0.393 e. The summed E-state index contributed by atoms with van der Waals surface area (Å²) in [5.41, 5.74) is 8.33. The molecule has 1 aromatic heterocycles. The second kappa shape index (κ2) is 8.67. The third kappa shape index (κ3) is 4.60. The Balaban J connectivity index is 1.58. The minimum Gasteiger partial charge on any atom is -0.393 e. The van der Waals surface area contributed by atoms with Gasteiger partial charge in [0.15, 0.2) is 11.6 Å². The van der Waals surface area contributed by atoms with E-state index in [1.165, 1.54) is 5.56 Å². The molecule has 25 heavy (non-hydrogen) atoms. The van der Waals surface area contributed by atoms with E-state index in [2.05, 4.69) is 50.5 Å². The number of methoxy groups -OCH3 is 1. The first kappa shape index (κ1) is 17.5. The van der Waals surface area contributed by atoms with Gasteiger partial charge in [0.1, 0.15) is 12.0 Å². The van der Waals surface area contributed by atoms with Crippen LogP contribution in [0, 0.1) is 5.92 Å². The maximum Gasteiger partial charge on any atom is 0.157 e. The second-order valence-electron chi connectivity index (χ2n) is 6.50. The van der Waals surface area contributed by atoms with Gasteiger partial charge in [-0.25, -0.2) is 9.97 Å². The van der Waals surface area contributed by atoms with Gasteiger partial charge in [-0.05, 0) is 30.7 Å². The van der Waals surface area contributed by atoms with Gasteiger partial charge in [-0.1, -0.05) is 30.3 Å². The Labute approximate surface area is 149 Å².